The molecule has 138 valence electrons. The number of aliphatic carboxylic acids is 1. The third-order valence-corrected chi connectivity index (χ3v) is 4.67. The lowest BCUT2D eigenvalue weighted by Crippen LogP contribution is -2.02. The van der Waals surface area contributed by atoms with Crippen molar-refractivity contribution in [2.45, 2.75) is 33.3 Å². The van der Waals surface area contributed by atoms with Crippen molar-refractivity contribution in [1.82, 2.24) is 0 Å². The van der Waals surface area contributed by atoms with Gasteiger partial charge in [0.05, 0.1) is 0 Å². The average Bonchev–Trinajstić information content (AvgIpc) is 2.65. The van der Waals surface area contributed by atoms with Crippen LogP contribution in [-0.2, 0) is 17.8 Å². The highest BCUT2D eigenvalue weighted by Crippen LogP contribution is 2.28. The zero-order valence-electron chi connectivity index (χ0n) is 15.7. The Morgan fingerprint density at radius 1 is 0.926 bits per heavy atom. The molecule has 0 aliphatic carbocycles. The minimum Gasteiger partial charge on any atom is -0.489 e. The second-order valence-corrected chi connectivity index (χ2v) is 6.76. The van der Waals surface area contributed by atoms with Gasteiger partial charge in [0.2, 0.25) is 0 Å². The van der Waals surface area contributed by atoms with Crippen LogP contribution in [0.25, 0.3) is 11.1 Å². The Morgan fingerprint density at radius 3 is 2.37 bits per heavy atom. The third-order valence-electron chi connectivity index (χ3n) is 4.67. The number of aryl methyl sites for hydroxylation is 3. The van der Waals surface area contributed by atoms with Gasteiger partial charge in [0.1, 0.15) is 12.4 Å². The van der Waals surface area contributed by atoms with Crippen molar-refractivity contribution >= 4 is 5.97 Å². The summed E-state index contributed by atoms with van der Waals surface area (Å²) in [5.74, 6) is -0.0534. The van der Waals surface area contributed by atoms with Gasteiger partial charge in [-0.1, -0.05) is 54.6 Å². The van der Waals surface area contributed by atoms with E-state index in [1.165, 1.54) is 22.3 Å². The minimum absolute atomic E-state index is 0.0996. The molecule has 3 aromatic carbocycles. The summed E-state index contributed by atoms with van der Waals surface area (Å²) in [5.41, 5.74) is 6.97. The van der Waals surface area contributed by atoms with Crippen molar-refractivity contribution in [3.8, 4) is 16.9 Å². The van der Waals surface area contributed by atoms with Gasteiger partial charge in [0, 0.05) is 6.42 Å². The molecular weight excluding hydrogens is 336 g/mol. The number of ether oxygens (including phenoxy) is 1. The van der Waals surface area contributed by atoms with Crippen molar-refractivity contribution in [2.75, 3.05) is 0 Å². The number of carboxylic acids is 1. The molecule has 0 atom stereocenters. The first-order valence-electron chi connectivity index (χ1n) is 9.12. The molecule has 27 heavy (non-hydrogen) atoms. The molecule has 0 heterocycles. The molecule has 1 N–H and O–H groups in total. The lowest BCUT2D eigenvalue weighted by molar-refractivity contribution is -0.136. The van der Waals surface area contributed by atoms with Crippen LogP contribution >= 0.6 is 0 Å². The van der Waals surface area contributed by atoms with Gasteiger partial charge in [0.25, 0.3) is 0 Å². The normalized spacial score (nSPS) is 10.6. The smallest absolute Gasteiger partial charge is 0.303 e. The molecule has 0 fully saturated rings. The van der Waals surface area contributed by atoms with Crippen LogP contribution in [0.15, 0.2) is 66.7 Å². The number of carboxylic acid groups (broad SMARTS) is 1. The molecule has 0 spiro atoms. The number of hydrogen-bond donors (Lipinski definition) is 1. The summed E-state index contributed by atoms with van der Waals surface area (Å²) in [7, 11) is 0. The van der Waals surface area contributed by atoms with E-state index in [9.17, 15) is 4.79 Å². The lowest BCUT2D eigenvalue weighted by Gasteiger charge is -2.13. The number of carbonyl (C=O) groups is 1. The molecule has 0 bridgehead atoms. The fourth-order valence-corrected chi connectivity index (χ4v) is 3.34. The molecular formula is C24H24O3. The van der Waals surface area contributed by atoms with Gasteiger partial charge >= 0.3 is 5.97 Å². The summed E-state index contributed by atoms with van der Waals surface area (Å²) in [5, 5.41) is 8.92. The van der Waals surface area contributed by atoms with Gasteiger partial charge in [-0.3, -0.25) is 4.79 Å². The molecule has 0 radical (unpaired) electrons. The highest BCUT2D eigenvalue weighted by molar-refractivity contribution is 5.71. The molecule has 3 aromatic rings. The highest BCUT2D eigenvalue weighted by Gasteiger charge is 2.08. The summed E-state index contributed by atoms with van der Waals surface area (Å²) < 4.78 is 6.01. The van der Waals surface area contributed by atoms with Gasteiger partial charge in [-0.25, -0.2) is 0 Å². The van der Waals surface area contributed by atoms with Crippen LogP contribution in [-0.4, -0.2) is 11.1 Å². The Labute approximate surface area is 160 Å². The van der Waals surface area contributed by atoms with Crippen LogP contribution in [0.4, 0.5) is 0 Å². The molecule has 0 amide bonds. The first-order valence-corrected chi connectivity index (χ1v) is 9.12. The van der Waals surface area contributed by atoms with Crippen LogP contribution in [0.3, 0.4) is 0 Å². The molecule has 0 unspecified atom stereocenters. The molecule has 3 rings (SSSR count). The topological polar surface area (TPSA) is 46.5 Å². The first kappa shape index (κ1) is 18.7. The number of rotatable bonds is 7. The largest absolute Gasteiger partial charge is 0.489 e. The Bertz CT molecular complexity index is 924. The Balaban J connectivity index is 1.78. The predicted molar refractivity (Wildman–Crippen MR) is 108 cm³/mol. The number of hydrogen-bond acceptors (Lipinski definition) is 2. The van der Waals surface area contributed by atoms with E-state index < -0.39 is 5.97 Å². The van der Waals surface area contributed by atoms with E-state index >= 15 is 0 Å². The van der Waals surface area contributed by atoms with Gasteiger partial charge in [-0.2, -0.15) is 0 Å². The molecule has 0 saturated heterocycles. The molecule has 3 nitrogen and oxygen atoms in total. The first-order chi connectivity index (χ1) is 13.0. The Hall–Kier alpha value is -3.07. The van der Waals surface area contributed by atoms with Crippen LogP contribution in [0.5, 0.6) is 5.75 Å². The fourth-order valence-electron chi connectivity index (χ4n) is 3.34. The van der Waals surface area contributed by atoms with Crippen LogP contribution in [0.2, 0.25) is 0 Å². The zero-order chi connectivity index (χ0) is 19.2. The van der Waals surface area contributed by atoms with Crippen LogP contribution in [0.1, 0.15) is 28.7 Å². The molecule has 0 aliphatic heterocycles. The SMILES string of the molecule is Cc1cccc(C)c1-c1cccc(COc2ccccc2CCC(=O)O)c1. The minimum atomic E-state index is -0.800. The predicted octanol–water partition coefficient (Wildman–Crippen LogP) is 5.57. The second kappa shape index (κ2) is 8.54. The maximum atomic E-state index is 10.8. The standard InChI is InChI=1S/C24H24O3/c1-17-7-5-8-18(2)24(17)21-11-6-9-19(15-21)16-27-22-12-4-3-10-20(22)13-14-23(25)26/h3-12,15H,13-14,16H2,1-2H3,(H,25,26). The van der Waals surface area contributed by atoms with Crippen LogP contribution < -0.4 is 4.74 Å². The fraction of sp³-hybridized carbons (Fsp3) is 0.208. The Kier molecular flexibility index (Phi) is 5.92. The summed E-state index contributed by atoms with van der Waals surface area (Å²) in [4.78, 5) is 10.8. The monoisotopic (exact) mass is 360 g/mol. The summed E-state index contributed by atoms with van der Waals surface area (Å²) in [6.45, 7) is 4.71. The molecule has 0 aromatic heterocycles. The second-order valence-electron chi connectivity index (χ2n) is 6.76. The van der Waals surface area contributed by atoms with Gasteiger partial charge in [-0.05, 0) is 65.8 Å². The van der Waals surface area contributed by atoms with Crippen molar-refractivity contribution in [1.29, 1.82) is 0 Å². The maximum Gasteiger partial charge on any atom is 0.303 e. The van der Waals surface area contributed by atoms with E-state index in [4.69, 9.17) is 9.84 Å². The summed E-state index contributed by atoms with van der Waals surface area (Å²) in [6.07, 6.45) is 0.566. The summed E-state index contributed by atoms with van der Waals surface area (Å²) >= 11 is 0. The molecule has 3 heteroatoms. The zero-order valence-corrected chi connectivity index (χ0v) is 15.7. The van der Waals surface area contributed by atoms with Gasteiger partial charge in [-0.15, -0.1) is 0 Å². The number of para-hydroxylation sites is 1. The third kappa shape index (κ3) is 4.76. The van der Waals surface area contributed by atoms with Crippen LogP contribution in [0, 0.1) is 13.8 Å². The van der Waals surface area contributed by atoms with Crippen molar-refractivity contribution < 1.29 is 14.6 Å². The highest BCUT2D eigenvalue weighted by atomic mass is 16.5. The van der Waals surface area contributed by atoms with E-state index in [2.05, 4.69) is 56.3 Å². The quantitative estimate of drug-likeness (QED) is 0.599. The van der Waals surface area contributed by atoms with Crippen molar-refractivity contribution in [3.63, 3.8) is 0 Å². The average molecular weight is 360 g/mol. The summed E-state index contributed by atoms with van der Waals surface area (Å²) in [6, 6.07) is 22.4. The molecule has 0 saturated carbocycles. The van der Waals surface area contributed by atoms with Crippen molar-refractivity contribution in [2.24, 2.45) is 0 Å². The Morgan fingerprint density at radius 2 is 1.63 bits per heavy atom. The van der Waals surface area contributed by atoms with Gasteiger partial charge < -0.3 is 9.84 Å². The van der Waals surface area contributed by atoms with E-state index in [0.717, 1.165) is 16.9 Å². The lowest BCUT2D eigenvalue weighted by atomic mass is 9.95. The van der Waals surface area contributed by atoms with E-state index in [1.54, 1.807) is 0 Å². The maximum absolute atomic E-state index is 10.8. The van der Waals surface area contributed by atoms with Gasteiger partial charge in [0.15, 0.2) is 0 Å². The van der Waals surface area contributed by atoms with Crippen molar-refractivity contribution in [3.05, 3.63) is 89.0 Å². The molecule has 0 aliphatic rings. The van der Waals surface area contributed by atoms with E-state index in [1.807, 2.05) is 24.3 Å². The van der Waals surface area contributed by atoms with E-state index in [-0.39, 0.29) is 6.42 Å². The number of benzene rings is 3. The van der Waals surface area contributed by atoms with E-state index in [0.29, 0.717) is 13.0 Å².